The minimum absolute atomic E-state index is 0.152. The fraction of sp³-hybridized carbons (Fsp3) is 0.911. The normalized spacial score (nSPS) is 13.5. The monoisotopic (exact) mass is 860 g/mol. The number of rotatable bonds is 51. The number of hydrogen-bond acceptors (Lipinski definition) is 4. The zero-order valence-electron chi connectivity index (χ0n) is 41.3. The Morgan fingerprint density at radius 1 is 0.393 bits per heavy atom. The molecule has 0 spiro atoms. The molecule has 5 heteroatoms. The minimum atomic E-state index is -1.16. The average molecular weight is 860 g/mol. The summed E-state index contributed by atoms with van der Waals surface area (Å²) in [5.74, 6) is -0.152. The molecule has 0 aromatic rings. The van der Waals surface area contributed by atoms with Crippen molar-refractivity contribution >= 4 is 5.91 Å². The number of nitrogens with one attached hydrogen (secondary N) is 1. The van der Waals surface area contributed by atoms with Gasteiger partial charge in [-0.3, -0.25) is 4.79 Å². The highest BCUT2D eigenvalue weighted by Crippen LogP contribution is 2.17. The lowest BCUT2D eigenvalue weighted by Gasteiger charge is -2.26. The van der Waals surface area contributed by atoms with E-state index in [9.17, 15) is 20.1 Å². The van der Waals surface area contributed by atoms with Gasteiger partial charge in [-0.15, -0.1) is 0 Å². The van der Waals surface area contributed by atoms with Gasteiger partial charge < -0.3 is 20.6 Å². The molecule has 0 heterocycles. The Hall–Kier alpha value is -1.17. The number of aliphatic hydroxyl groups excluding tert-OH is 3. The van der Waals surface area contributed by atoms with Crippen LogP contribution in [0.5, 0.6) is 0 Å². The second-order valence-electron chi connectivity index (χ2n) is 19.1. The average Bonchev–Trinajstić information content (AvgIpc) is 3.26. The molecule has 1 amide bonds. The van der Waals surface area contributed by atoms with Gasteiger partial charge in [-0.2, -0.15) is 0 Å². The number of aliphatic hydroxyl groups is 3. The van der Waals surface area contributed by atoms with Crippen LogP contribution in [-0.4, -0.2) is 46.1 Å². The molecule has 0 bridgehead atoms. The van der Waals surface area contributed by atoms with E-state index in [1.54, 1.807) is 0 Å². The first kappa shape index (κ1) is 59.8. The van der Waals surface area contributed by atoms with Crippen molar-refractivity contribution in [2.24, 2.45) is 0 Å². The van der Waals surface area contributed by atoms with E-state index in [-0.39, 0.29) is 12.5 Å². The number of carbonyl (C=O) groups is 1. The highest BCUT2D eigenvalue weighted by molar-refractivity contribution is 5.76. The molecular formula is C56H109NO4. The number of allylic oxidation sites excluding steroid dienone is 4. The summed E-state index contributed by atoms with van der Waals surface area (Å²) in [5, 5.41) is 33.7. The van der Waals surface area contributed by atoms with Crippen LogP contribution in [0.3, 0.4) is 0 Å². The molecule has 0 rings (SSSR count). The number of carbonyl (C=O) groups excluding carboxylic acids is 1. The summed E-state index contributed by atoms with van der Waals surface area (Å²) in [6.07, 6.45) is 64.7. The van der Waals surface area contributed by atoms with E-state index in [0.29, 0.717) is 12.8 Å². The molecule has 0 aliphatic rings. The fourth-order valence-corrected chi connectivity index (χ4v) is 8.75. The van der Waals surface area contributed by atoms with Crippen molar-refractivity contribution in [2.75, 3.05) is 6.61 Å². The Morgan fingerprint density at radius 2 is 0.656 bits per heavy atom. The maximum absolute atomic E-state index is 12.5. The van der Waals surface area contributed by atoms with Gasteiger partial charge in [0, 0.05) is 6.42 Å². The van der Waals surface area contributed by atoms with Crippen LogP contribution in [0.4, 0.5) is 0 Å². The predicted octanol–water partition coefficient (Wildman–Crippen LogP) is 16.9. The zero-order chi connectivity index (χ0) is 44.4. The maximum atomic E-state index is 12.5. The third-order valence-electron chi connectivity index (χ3n) is 13.0. The molecule has 0 aromatic carbocycles. The Balaban J connectivity index is 3.57. The summed E-state index contributed by atoms with van der Waals surface area (Å²) in [5.41, 5.74) is 0. The van der Waals surface area contributed by atoms with Crippen LogP contribution in [0.15, 0.2) is 24.3 Å². The van der Waals surface area contributed by atoms with Gasteiger partial charge in [0.2, 0.25) is 5.91 Å². The van der Waals surface area contributed by atoms with Crippen LogP contribution < -0.4 is 5.32 Å². The van der Waals surface area contributed by atoms with Gasteiger partial charge in [0.1, 0.15) is 6.10 Å². The highest BCUT2D eigenvalue weighted by atomic mass is 16.3. The van der Waals surface area contributed by atoms with Crippen LogP contribution in [-0.2, 0) is 4.79 Å². The van der Waals surface area contributed by atoms with E-state index in [2.05, 4.69) is 43.5 Å². The molecule has 3 atom stereocenters. The van der Waals surface area contributed by atoms with Gasteiger partial charge in [0.05, 0.1) is 18.8 Å². The molecule has 0 radical (unpaired) electrons. The molecular weight excluding hydrogens is 751 g/mol. The molecule has 0 saturated heterocycles. The van der Waals surface area contributed by atoms with E-state index in [0.717, 1.165) is 38.5 Å². The van der Waals surface area contributed by atoms with Crippen molar-refractivity contribution in [1.29, 1.82) is 0 Å². The van der Waals surface area contributed by atoms with Crippen LogP contribution in [0.25, 0.3) is 0 Å². The molecule has 0 fully saturated rings. The third-order valence-corrected chi connectivity index (χ3v) is 13.0. The number of amides is 1. The largest absolute Gasteiger partial charge is 0.394 e. The van der Waals surface area contributed by atoms with E-state index < -0.39 is 18.2 Å². The van der Waals surface area contributed by atoms with Gasteiger partial charge >= 0.3 is 0 Å². The summed E-state index contributed by atoms with van der Waals surface area (Å²) >= 11 is 0. The number of hydrogen-bond donors (Lipinski definition) is 4. The Labute approximate surface area is 382 Å². The highest BCUT2D eigenvalue weighted by Gasteiger charge is 2.26. The second kappa shape index (κ2) is 51.5. The van der Waals surface area contributed by atoms with E-state index in [1.165, 1.54) is 238 Å². The maximum Gasteiger partial charge on any atom is 0.220 e. The number of unbranched alkanes of at least 4 members (excludes halogenated alkanes) is 39. The Kier molecular flexibility index (Phi) is 50.5. The van der Waals surface area contributed by atoms with Gasteiger partial charge in [0.15, 0.2) is 0 Å². The van der Waals surface area contributed by atoms with Crippen molar-refractivity contribution < 1.29 is 20.1 Å². The van der Waals surface area contributed by atoms with E-state index >= 15 is 0 Å². The first-order chi connectivity index (χ1) is 30.1. The lowest BCUT2D eigenvalue weighted by molar-refractivity contribution is -0.124. The molecule has 5 nitrogen and oxygen atoms in total. The summed E-state index contributed by atoms with van der Waals surface area (Å²) < 4.78 is 0. The molecule has 0 aliphatic carbocycles. The second-order valence-corrected chi connectivity index (χ2v) is 19.1. The lowest BCUT2D eigenvalue weighted by Crippen LogP contribution is -2.50. The van der Waals surface area contributed by atoms with Gasteiger partial charge in [-0.1, -0.05) is 256 Å². The Bertz CT molecular complexity index is 905. The zero-order valence-corrected chi connectivity index (χ0v) is 41.3. The predicted molar refractivity (Wildman–Crippen MR) is 268 cm³/mol. The molecule has 0 aromatic heterocycles. The molecule has 0 saturated carbocycles. The minimum Gasteiger partial charge on any atom is -0.394 e. The van der Waals surface area contributed by atoms with Crippen LogP contribution in [0, 0.1) is 0 Å². The SMILES string of the molecule is CCCCCCCCCCCCCC/C=C\CCCCCCCCCCCC(=O)NC(CO)C(O)C(O)CCC/C=C/CCCCCCCCCCCCCCCCCCC. The molecule has 61 heavy (non-hydrogen) atoms. The third kappa shape index (κ3) is 46.6. The van der Waals surface area contributed by atoms with Crippen molar-refractivity contribution in [3.63, 3.8) is 0 Å². The smallest absolute Gasteiger partial charge is 0.220 e. The molecule has 362 valence electrons. The first-order valence-corrected chi connectivity index (χ1v) is 27.6. The van der Waals surface area contributed by atoms with Crippen molar-refractivity contribution in [1.82, 2.24) is 5.32 Å². The standard InChI is InChI=1S/C56H109NO4/c1-3-5-7-9-11-13-15-17-19-21-23-25-27-28-29-31-33-35-37-39-41-43-45-47-49-51-55(60)57-53(52-58)56(61)54(59)50-48-46-44-42-40-38-36-34-32-30-26-24-22-20-18-16-14-12-10-8-6-4-2/h28-29,42,44,53-54,56,58-59,61H,3-27,30-41,43,45-52H2,1-2H3,(H,57,60)/b29-28-,44-42+. The van der Waals surface area contributed by atoms with E-state index in [4.69, 9.17) is 0 Å². The van der Waals surface area contributed by atoms with Crippen LogP contribution in [0.2, 0.25) is 0 Å². The van der Waals surface area contributed by atoms with Crippen molar-refractivity contribution in [3.05, 3.63) is 24.3 Å². The van der Waals surface area contributed by atoms with Crippen molar-refractivity contribution in [2.45, 2.75) is 321 Å². The summed E-state index contributed by atoms with van der Waals surface area (Å²) in [4.78, 5) is 12.5. The summed E-state index contributed by atoms with van der Waals surface area (Å²) in [6, 6.07) is -0.826. The topological polar surface area (TPSA) is 89.8 Å². The fourth-order valence-electron chi connectivity index (χ4n) is 8.75. The van der Waals surface area contributed by atoms with Crippen LogP contribution in [0.1, 0.15) is 303 Å². The Morgan fingerprint density at radius 3 is 0.951 bits per heavy atom. The quantitative estimate of drug-likeness (QED) is 0.0362. The molecule has 0 aliphatic heterocycles. The van der Waals surface area contributed by atoms with Crippen molar-refractivity contribution in [3.8, 4) is 0 Å². The lowest BCUT2D eigenvalue weighted by atomic mass is 10.0. The van der Waals surface area contributed by atoms with Crippen LogP contribution >= 0.6 is 0 Å². The molecule has 3 unspecified atom stereocenters. The van der Waals surface area contributed by atoms with E-state index in [1.807, 2.05) is 0 Å². The van der Waals surface area contributed by atoms with Gasteiger partial charge in [0.25, 0.3) is 0 Å². The summed E-state index contributed by atoms with van der Waals surface area (Å²) in [6.45, 7) is 4.20. The first-order valence-electron chi connectivity index (χ1n) is 27.6. The summed E-state index contributed by atoms with van der Waals surface area (Å²) in [7, 11) is 0. The van der Waals surface area contributed by atoms with Gasteiger partial charge in [-0.05, 0) is 64.2 Å². The van der Waals surface area contributed by atoms with Gasteiger partial charge in [-0.25, -0.2) is 0 Å². The molecule has 4 N–H and O–H groups in total.